The lowest BCUT2D eigenvalue weighted by Crippen LogP contribution is -2.27. The molecule has 3 N–H and O–H groups in total. The van der Waals surface area contributed by atoms with Crippen molar-refractivity contribution in [3.63, 3.8) is 0 Å². The fourth-order valence-electron chi connectivity index (χ4n) is 1.47. The van der Waals surface area contributed by atoms with Gasteiger partial charge in [-0.1, -0.05) is 12.1 Å². The van der Waals surface area contributed by atoms with Crippen LogP contribution in [0, 0.1) is 0 Å². The summed E-state index contributed by atoms with van der Waals surface area (Å²) in [7, 11) is 0. The number of hydrogen-bond acceptors (Lipinski definition) is 4. The van der Waals surface area contributed by atoms with Gasteiger partial charge in [0.1, 0.15) is 6.54 Å². The number of urea groups is 1. The summed E-state index contributed by atoms with van der Waals surface area (Å²) in [5, 5.41) is 2.24. The number of thioether (sulfide) groups is 1. The second-order valence-corrected chi connectivity index (χ2v) is 4.73. The summed E-state index contributed by atoms with van der Waals surface area (Å²) in [4.78, 5) is 23.7. The molecule has 5 nitrogen and oxygen atoms in total. The van der Waals surface area contributed by atoms with Gasteiger partial charge in [-0.2, -0.15) is 0 Å². The van der Waals surface area contributed by atoms with Gasteiger partial charge < -0.3 is 10.6 Å². The zero-order valence-electron chi connectivity index (χ0n) is 10.00. The van der Waals surface area contributed by atoms with Gasteiger partial charge in [-0.05, 0) is 17.7 Å². The fraction of sp³-hybridized carbons (Fsp3) is 0.273. The molecule has 0 bridgehead atoms. The highest BCUT2D eigenvalue weighted by Crippen LogP contribution is 2.15. The number of hydrogen-bond donors (Lipinski definition) is 2. The van der Waals surface area contributed by atoms with E-state index in [9.17, 15) is 9.59 Å². The van der Waals surface area contributed by atoms with Crippen LogP contribution in [0.1, 0.15) is 5.56 Å². The maximum atomic E-state index is 11.2. The highest BCUT2D eigenvalue weighted by molar-refractivity contribution is 7.98. The van der Waals surface area contributed by atoms with Crippen LogP contribution < -0.4 is 11.1 Å². The van der Waals surface area contributed by atoms with Crippen LogP contribution in [0.15, 0.2) is 24.3 Å². The van der Waals surface area contributed by atoms with Crippen molar-refractivity contribution in [2.75, 3.05) is 18.2 Å². The number of halogens is 2. The van der Waals surface area contributed by atoms with Crippen LogP contribution in [-0.2, 0) is 10.5 Å². The Morgan fingerprint density at radius 1 is 1.21 bits per heavy atom. The van der Waals surface area contributed by atoms with E-state index in [0.29, 0.717) is 5.88 Å². The van der Waals surface area contributed by atoms with Crippen molar-refractivity contribution in [1.29, 1.82) is 0 Å². The van der Waals surface area contributed by atoms with Gasteiger partial charge in [-0.15, -0.1) is 36.6 Å². The van der Waals surface area contributed by atoms with Gasteiger partial charge in [0, 0.05) is 11.4 Å². The molecule has 0 radical (unpaired) electrons. The van der Waals surface area contributed by atoms with Crippen molar-refractivity contribution in [3.05, 3.63) is 29.8 Å². The Bertz CT molecular complexity index is 442. The Morgan fingerprint density at radius 2 is 1.84 bits per heavy atom. The van der Waals surface area contributed by atoms with Gasteiger partial charge in [-0.25, -0.2) is 4.79 Å². The van der Waals surface area contributed by atoms with Crippen molar-refractivity contribution in [3.8, 4) is 0 Å². The van der Waals surface area contributed by atoms with Crippen molar-refractivity contribution in [2.45, 2.75) is 5.75 Å². The Hall–Kier alpha value is -1.11. The number of nitrogen functional groups attached to an aromatic ring is 1. The summed E-state index contributed by atoms with van der Waals surface area (Å²) in [6, 6.07) is 7.30. The van der Waals surface area contributed by atoms with E-state index in [1.807, 2.05) is 24.3 Å². The van der Waals surface area contributed by atoms with E-state index in [1.165, 1.54) is 4.90 Å². The Kier molecular flexibility index (Phi) is 7.66. The molecular formula is C11H15Cl2N3O2S. The summed E-state index contributed by atoms with van der Waals surface area (Å²) in [6.45, 7) is 0.160. The highest BCUT2D eigenvalue weighted by atomic mass is 35.5. The smallest absolute Gasteiger partial charge is 0.325 e. The largest absolute Gasteiger partial charge is 0.399 e. The van der Waals surface area contributed by atoms with E-state index < -0.39 is 0 Å². The van der Waals surface area contributed by atoms with Crippen molar-refractivity contribution in [2.24, 2.45) is 0 Å². The second-order valence-electron chi connectivity index (χ2n) is 3.77. The molecular weight excluding hydrogens is 309 g/mol. The molecule has 1 aliphatic heterocycles. The zero-order chi connectivity index (χ0) is 12.3. The van der Waals surface area contributed by atoms with Crippen molar-refractivity contribution >= 4 is 54.2 Å². The zero-order valence-corrected chi connectivity index (χ0v) is 12.4. The molecule has 2 rings (SSSR count). The lowest BCUT2D eigenvalue weighted by atomic mass is 10.2. The quantitative estimate of drug-likeness (QED) is 0.655. The van der Waals surface area contributed by atoms with Gasteiger partial charge >= 0.3 is 6.03 Å². The normalized spacial score (nSPS) is 13.6. The van der Waals surface area contributed by atoms with Gasteiger partial charge in [0.25, 0.3) is 0 Å². The number of nitrogens with two attached hydrogens (primary N) is 1. The molecule has 3 amide bonds. The van der Waals surface area contributed by atoms with Crippen LogP contribution in [0.5, 0.6) is 0 Å². The number of anilines is 1. The molecule has 0 unspecified atom stereocenters. The maximum absolute atomic E-state index is 11.2. The van der Waals surface area contributed by atoms with Crippen LogP contribution in [-0.4, -0.2) is 29.3 Å². The van der Waals surface area contributed by atoms with E-state index in [2.05, 4.69) is 5.32 Å². The first-order valence-electron chi connectivity index (χ1n) is 5.16. The monoisotopic (exact) mass is 323 g/mol. The van der Waals surface area contributed by atoms with Crippen LogP contribution in [0.2, 0.25) is 0 Å². The minimum absolute atomic E-state index is 0. The van der Waals surface area contributed by atoms with Crippen LogP contribution in [0.4, 0.5) is 10.5 Å². The van der Waals surface area contributed by atoms with E-state index >= 15 is 0 Å². The first kappa shape index (κ1) is 17.9. The van der Waals surface area contributed by atoms with Gasteiger partial charge in [0.05, 0.1) is 5.88 Å². The third-order valence-corrected chi connectivity index (χ3v) is 3.40. The lowest BCUT2D eigenvalue weighted by Gasteiger charge is -2.12. The summed E-state index contributed by atoms with van der Waals surface area (Å²) < 4.78 is 0. The molecule has 1 saturated heterocycles. The summed E-state index contributed by atoms with van der Waals surface area (Å²) in [5.41, 5.74) is 7.47. The van der Waals surface area contributed by atoms with E-state index in [-0.39, 0.29) is 43.3 Å². The van der Waals surface area contributed by atoms with Crippen LogP contribution in [0.3, 0.4) is 0 Å². The fourth-order valence-corrected chi connectivity index (χ4v) is 2.42. The van der Waals surface area contributed by atoms with Crippen LogP contribution >= 0.6 is 36.6 Å². The van der Waals surface area contributed by atoms with Gasteiger partial charge in [0.2, 0.25) is 5.91 Å². The van der Waals surface area contributed by atoms with Gasteiger partial charge in [-0.3, -0.25) is 10.1 Å². The predicted molar refractivity (Wildman–Crippen MR) is 81.8 cm³/mol. The van der Waals surface area contributed by atoms with Crippen LogP contribution in [0.25, 0.3) is 0 Å². The molecule has 0 spiro atoms. The molecule has 1 aliphatic rings. The lowest BCUT2D eigenvalue weighted by molar-refractivity contribution is -0.118. The number of carbonyl (C=O) groups is 2. The number of nitrogens with one attached hydrogen (secondary N) is 1. The average Bonchev–Trinajstić information content (AvgIpc) is 2.60. The number of nitrogens with zero attached hydrogens (tertiary/aromatic N) is 1. The highest BCUT2D eigenvalue weighted by Gasteiger charge is 2.25. The molecule has 0 atom stereocenters. The molecule has 0 aromatic heterocycles. The third kappa shape index (κ3) is 5.18. The van der Waals surface area contributed by atoms with E-state index in [0.717, 1.165) is 17.0 Å². The Balaban J connectivity index is 0.00000162. The SMILES string of the molecule is Cl.Cl.Nc1ccc(CSCN2CC(=O)NC2=O)cc1. The number of rotatable bonds is 4. The minimum atomic E-state index is -0.306. The summed E-state index contributed by atoms with van der Waals surface area (Å²) >= 11 is 1.59. The Labute approximate surface area is 128 Å². The molecule has 1 aromatic rings. The molecule has 19 heavy (non-hydrogen) atoms. The molecule has 1 aromatic carbocycles. The summed E-state index contributed by atoms with van der Waals surface area (Å²) in [5.74, 6) is 1.07. The molecule has 0 aliphatic carbocycles. The minimum Gasteiger partial charge on any atom is -0.399 e. The number of benzene rings is 1. The van der Waals surface area contributed by atoms with Crippen molar-refractivity contribution < 1.29 is 9.59 Å². The Morgan fingerprint density at radius 3 is 2.37 bits per heavy atom. The van der Waals surface area contributed by atoms with E-state index in [1.54, 1.807) is 11.8 Å². The molecule has 106 valence electrons. The standard InChI is InChI=1S/C11H13N3O2S.2ClH/c12-9-3-1-8(2-4-9)6-17-7-14-5-10(15)13-11(14)16;;/h1-4H,5-7,12H2,(H,13,15,16);2*1H. The first-order chi connectivity index (χ1) is 8.15. The number of imide groups is 1. The molecule has 8 heteroatoms. The number of carbonyl (C=O) groups excluding carboxylic acids is 2. The average molecular weight is 324 g/mol. The third-order valence-electron chi connectivity index (χ3n) is 2.36. The maximum Gasteiger partial charge on any atom is 0.325 e. The molecule has 1 fully saturated rings. The van der Waals surface area contributed by atoms with Crippen molar-refractivity contribution in [1.82, 2.24) is 10.2 Å². The topological polar surface area (TPSA) is 75.4 Å². The molecule has 0 saturated carbocycles. The first-order valence-corrected chi connectivity index (χ1v) is 6.31. The predicted octanol–water partition coefficient (Wildman–Crippen LogP) is 1.85. The van der Waals surface area contributed by atoms with Gasteiger partial charge in [0.15, 0.2) is 0 Å². The second kappa shape index (κ2) is 8.14. The molecule has 1 heterocycles. The van der Waals surface area contributed by atoms with E-state index in [4.69, 9.17) is 5.73 Å². The summed E-state index contributed by atoms with van der Waals surface area (Å²) in [6.07, 6.45) is 0. The number of amides is 3.